The van der Waals surface area contributed by atoms with Crippen LogP contribution in [0.4, 0.5) is 0 Å². The Hall–Kier alpha value is -2.42. The van der Waals surface area contributed by atoms with Crippen LogP contribution in [0.2, 0.25) is 0 Å². The van der Waals surface area contributed by atoms with Gasteiger partial charge in [-0.3, -0.25) is 4.79 Å². The molecule has 0 saturated carbocycles. The zero-order valence-corrected chi connectivity index (χ0v) is 13.6. The summed E-state index contributed by atoms with van der Waals surface area (Å²) in [5.74, 6) is 0.265. The summed E-state index contributed by atoms with van der Waals surface area (Å²) in [6.07, 6.45) is 0. The summed E-state index contributed by atoms with van der Waals surface area (Å²) in [5.41, 5.74) is 7.43. The highest BCUT2D eigenvalue weighted by atomic mass is 16.2. The summed E-state index contributed by atoms with van der Waals surface area (Å²) in [6.45, 7) is 8.18. The molecule has 0 heterocycles. The minimum atomic E-state index is -0.193. The minimum absolute atomic E-state index is 0.193. The molecule has 0 spiro atoms. The number of carbonyl (C=O) groups excluding carboxylic acids is 1. The molecule has 0 unspecified atom stereocenters. The molecule has 0 aromatic heterocycles. The van der Waals surface area contributed by atoms with Gasteiger partial charge in [0.15, 0.2) is 0 Å². The van der Waals surface area contributed by atoms with E-state index in [4.69, 9.17) is 0 Å². The molecule has 2 aromatic carbocycles. The van der Waals surface area contributed by atoms with Crippen molar-refractivity contribution in [1.82, 2.24) is 5.43 Å². The van der Waals surface area contributed by atoms with Crippen LogP contribution in [0.1, 0.15) is 53.7 Å². The highest BCUT2D eigenvalue weighted by molar-refractivity contribution is 6.00. The molecule has 0 saturated heterocycles. The van der Waals surface area contributed by atoms with E-state index in [0.717, 1.165) is 11.3 Å². The second-order valence-electron chi connectivity index (χ2n) is 5.78. The van der Waals surface area contributed by atoms with Crippen molar-refractivity contribution in [3.8, 4) is 0 Å². The van der Waals surface area contributed by atoms with Gasteiger partial charge in [-0.25, -0.2) is 5.43 Å². The first-order valence-electron chi connectivity index (χ1n) is 7.49. The number of hydrogen-bond acceptors (Lipinski definition) is 2. The molecule has 0 aliphatic carbocycles. The van der Waals surface area contributed by atoms with E-state index in [1.54, 1.807) is 0 Å². The summed E-state index contributed by atoms with van der Waals surface area (Å²) < 4.78 is 0. The Morgan fingerprint density at radius 2 is 1.50 bits per heavy atom. The summed E-state index contributed by atoms with van der Waals surface area (Å²) in [6, 6.07) is 15.7. The van der Waals surface area contributed by atoms with Crippen LogP contribution in [0.25, 0.3) is 0 Å². The molecule has 3 nitrogen and oxygen atoms in total. The lowest BCUT2D eigenvalue weighted by molar-refractivity contribution is 0.0955. The molecule has 1 amide bonds. The van der Waals surface area contributed by atoms with Crippen LogP contribution in [0.15, 0.2) is 53.6 Å². The Morgan fingerprint density at radius 3 is 2.05 bits per heavy atom. The van der Waals surface area contributed by atoms with Gasteiger partial charge in [-0.2, -0.15) is 5.10 Å². The van der Waals surface area contributed by atoms with Gasteiger partial charge >= 0.3 is 0 Å². The predicted octanol–water partition coefficient (Wildman–Crippen LogP) is 4.27. The molecule has 2 aromatic rings. The number of hydrazone groups is 1. The quantitative estimate of drug-likeness (QED) is 0.664. The van der Waals surface area contributed by atoms with Crippen LogP contribution in [0, 0.1) is 6.92 Å². The molecule has 0 aliphatic heterocycles. The molecule has 3 heteroatoms. The molecular weight excluding hydrogens is 272 g/mol. The third-order valence-electron chi connectivity index (χ3n) is 3.63. The third kappa shape index (κ3) is 4.04. The molecule has 2 rings (SSSR count). The van der Waals surface area contributed by atoms with E-state index in [1.165, 1.54) is 11.1 Å². The number of nitrogens with one attached hydrogen (secondary N) is 1. The summed E-state index contributed by atoms with van der Waals surface area (Å²) in [7, 11) is 0. The number of rotatable bonds is 4. The fourth-order valence-corrected chi connectivity index (χ4v) is 2.08. The molecule has 22 heavy (non-hydrogen) atoms. The van der Waals surface area contributed by atoms with Crippen LogP contribution in [0.5, 0.6) is 0 Å². The normalized spacial score (nSPS) is 11.6. The SMILES string of the molecule is C/C(=N\NC(=O)c1ccc(C(C)C)cc1)c1ccc(C)cc1. The molecule has 1 N–H and O–H groups in total. The number of hydrogen-bond donors (Lipinski definition) is 1. The van der Waals surface area contributed by atoms with Crippen molar-refractivity contribution >= 4 is 11.6 Å². The van der Waals surface area contributed by atoms with Gasteiger partial charge in [-0.05, 0) is 43.0 Å². The van der Waals surface area contributed by atoms with Gasteiger partial charge in [0, 0.05) is 5.56 Å². The molecular formula is C19H22N2O. The number of amides is 1. The van der Waals surface area contributed by atoms with Crippen LogP contribution >= 0.6 is 0 Å². The molecule has 0 atom stereocenters. The largest absolute Gasteiger partial charge is 0.271 e. The summed E-state index contributed by atoms with van der Waals surface area (Å²) >= 11 is 0. The van der Waals surface area contributed by atoms with Crippen LogP contribution in [0.3, 0.4) is 0 Å². The van der Waals surface area contributed by atoms with E-state index >= 15 is 0 Å². The summed E-state index contributed by atoms with van der Waals surface area (Å²) in [5, 5.41) is 4.18. The number of aryl methyl sites for hydroxylation is 1. The van der Waals surface area contributed by atoms with Gasteiger partial charge < -0.3 is 0 Å². The topological polar surface area (TPSA) is 41.5 Å². The van der Waals surface area contributed by atoms with Gasteiger partial charge in [0.05, 0.1) is 5.71 Å². The van der Waals surface area contributed by atoms with Gasteiger partial charge in [0.25, 0.3) is 5.91 Å². The van der Waals surface area contributed by atoms with Gasteiger partial charge in [-0.15, -0.1) is 0 Å². The average molecular weight is 294 g/mol. The van der Waals surface area contributed by atoms with Crippen LogP contribution in [-0.2, 0) is 0 Å². The molecule has 0 aliphatic rings. The lowest BCUT2D eigenvalue weighted by atomic mass is 10.0. The Kier molecular flexibility index (Phi) is 5.10. The highest BCUT2D eigenvalue weighted by Crippen LogP contribution is 2.14. The zero-order chi connectivity index (χ0) is 16.1. The van der Waals surface area contributed by atoms with Crippen molar-refractivity contribution in [1.29, 1.82) is 0 Å². The van der Waals surface area contributed by atoms with Gasteiger partial charge in [0.1, 0.15) is 0 Å². The highest BCUT2D eigenvalue weighted by Gasteiger charge is 2.06. The maximum Gasteiger partial charge on any atom is 0.271 e. The van der Waals surface area contributed by atoms with E-state index < -0.39 is 0 Å². The van der Waals surface area contributed by atoms with E-state index in [1.807, 2.05) is 62.4 Å². The predicted molar refractivity (Wildman–Crippen MR) is 91.4 cm³/mol. The number of benzene rings is 2. The molecule has 0 radical (unpaired) electrons. The second kappa shape index (κ2) is 7.03. The zero-order valence-electron chi connectivity index (χ0n) is 13.6. The Balaban J connectivity index is 2.05. The minimum Gasteiger partial charge on any atom is -0.267 e. The first-order valence-corrected chi connectivity index (χ1v) is 7.49. The molecule has 0 fully saturated rings. The molecule has 114 valence electrons. The Morgan fingerprint density at radius 1 is 0.955 bits per heavy atom. The lowest BCUT2D eigenvalue weighted by Crippen LogP contribution is -2.19. The maximum atomic E-state index is 12.1. The molecule has 0 bridgehead atoms. The lowest BCUT2D eigenvalue weighted by Gasteiger charge is -2.07. The van der Waals surface area contributed by atoms with E-state index in [9.17, 15) is 4.79 Å². The maximum absolute atomic E-state index is 12.1. The second-order valence-corrected chi connectivity index (χ2v) is 5.78. The van der Waals surface area contributed by atoms with Crippen molar-refractivity contribution in [2.75, 3.05) is 0 Å². The van der Waals surface area contributed by atoms with E-state index in [-0.39, 0.29) is 5.91 Å². The summed E-state index contributed by atoms with van der Waals surface area (Å²) in [4.78, 5) is 12.1. The first-order chi connectivity index (χ1) is 10.5. The van der Waals surface area contributed by atoms with Crippen LogP contribution < -0.4 is 5.43 Å². The van der Waals surface area contributed by atoms with Gasteiger partial charge in [0.2, 0.25) is 0 Å². The van der Waals surface area contributed by atoms with Crippen molar-refractivity contribution in [3.05, 3.63) is 70.8 Å². The number of nitrogens with zero attached hydrogens (tertiary/aromatic N) is 1. The third-order valence-corrected chi connectivity index (χ3v) is 3.63. The Labute approximate surface area is 132 Å². The first kappa shape index (κ1) is 16.0. The van der Waals surface area contributed by atoms with Gasteiger partial charge in [-0.1, -0.05) is 55.8 Å². The van der Waals surface area contributed by atoms with Crippen molar-refractivity contribution in [2.45, 2.75) is 33.6 Å². The Bertz CT molecular complexity index is 668. The number of carbonyl (C=O) groups is 1. The fourth-order valence-electron chi connectivity index (χ4n) is 2.08. The fraction of sp³-hybridized carbons (Fsp3) is 0.263. The standard InChI is InChI=1S/C19H22N2O/c1-13(2)16-9-11-18(12-10-16)19(22)21-20-15(4)17-7-5-14(3)6-8-17/h5-13H,1-4H3,(H,21,22)/b20-15+. The van der Waals surface area contributed by atoms with Crippen molar-refractivity contribution in [3.63, 3.8) is 0 Å². The smallest absolute Gasteiger partial charge is 0.267 e. The van der Waals surface area contributed by atoms with Crippen LogP contribution in [-0.4, -0.2) is 11.6 Å². The monoisotopic (exact) mass is 294 g/mol. The average Bonchev–Trinajstić information content (AvgIpc) is 2.53. The van der Waals surface area contributed by atoms with Crippen molar-refractivity contribution in [2.24, 2.45) is 5.10 Å². The van der Waals surface area contributed by atoms with Crippen molar-refractivity contribution < 1.29 is 4.79 Å². The van der Waals surface area contributed by atoms with E-state index in [2.05, 4.69) is 24.4 Å². The van der Waals surface area contributed by atoms with E-state index in [0.29, 0.717) is 11.5 Å².